The summed E-state index contributed by atoms with van der Waals surface area (Å²) >= 11 is 0. The Labute approximate surface area is 99.3 Å². The average molecular weight is 227 g/mol. The largest absolute Gasteiger partial charge is 0.294 e. The van der Waals surface area contributed by atoms with Crippen LogP contribution in [0.1, 0.15) is 34.5 Å². The van der Waals surface area contributed by atoms with E-state index in [0.717, 1.165) is 29.7 Å². The lowest BCUT2D eigenvalue weighted by molar-refractivity contribution is 0.0972. The molecule has 0 N–H and O–H groups in total. The molecule has 0 radical (unpaired) electrons. The van der Waals surface area contributed by atoms with Gasteiger partial charge in [0.2, 0.25) is 0 Å². The summed E-state index contributed by atoms with van der Waals surface area (Å²) in [5.41, 5.74) is 3.05. The van der Waals surface area contributed by atoms with E-state index in [4.69, 9.17) is 0 Å². The number of carbonyl (C=O) groups is 1. The molecule has 2 heterocycles. The molecule has 2 aromatic heterocycles. The summed E-state index contributed by atoms with van der Waals surface area (Å²) in [6.07, 6.45) is 7.80. The molecule has 0 saturated carbocycles. The Morgan fingerprint density at radius 2 is 2.06 bits per heavy atom. The van der Waals surface area contributed by atoms with E-state index in [2.05, 4.69) is 10.1 Å². The SMILES string of the molecule is O=C1CCCc2c1cnn2Cc1ccncc1. The number of nitrogens with zero attached hydrogens (tertiary/aromatic N) is 3. The molecular weight excluding hydrogens is 214 g/mol. The quantitative estimate of drug-likeness (QED) is 0.786. The number of hydrogen-bond donors (Lipinski definition) is 0. The summed E-state index contributed by atoms with van der Waals surface area (Å²) in [6, 6.07) is 3.94. The lowest BCUT2D eigenvalue weighted by Crippen LogP contribution is -2.14. The summed E-state index contributed by atoms with van der Waals surface area (Å²) in [5, 5.41) is 4.32. The number of rotatable bonds is 2. The molecular formula is C13H13N3O. The van der Waals surface area contributed by atoms with Crippen LogP contribution >= 0.6 is 0 Å². The van der Waals surface area contributed by atoms with Gasteiger partial charge in [0.25, 0.3) is 0 Å². The fourth-order valence-corrected chi connectivity index (χ4v) is 2.26. The second-order valence-corrected chi connectivity index (χ2v) is 4.29. The molecule has 0 bridgehead atoms. The van der Waals surface area contributed by atoms with Gasteiger partial charge in [0, 0.05) is 24.5 Å². The summed E-state index contributed by atoms with van der Waals surface area (Å²) in [7, 11) is 0. The van der Waals surface area contributed by atoms with Gasteiger partial charge in [0.15, 0.2) is 5.78 Å². The molecule has 0 aliphatic heterocycles. The summed E-state index contributed by atoms with van der Waals surface area (Å²) in [5.74, 6) is 0.229. The standard InChI is InChI=1S/C13H13N3O/c17-13-3-1-2-12-11(13)8-15-16(12)9-10-4-6-14-7-5-10/h4-8H,1-3,9H2. The van der Waals surface area contributed by atoms with Crippen LogP contribution in [-0.2, 0) is 13.0 Å². The minimum atomic E-state index is 0.229. The van der Waals surface area contributed by atoms with Crippen molar-refractivity contribution in [3.05, 3.63) is 47.5 Å². The van der Waals surface area contributed by atoms with E-state index in [1.165, 1.54) is 0 Å². The predicted molar refractivity (Wildman–Crippen MR) is 62.8 cm³/mol. The molecule has 0 atom stereocenters. The second kappa shape index (κ2) is 4.13. The molecule has 1 aliphatic rings. The Morgan fingerprint density at radius 1 is 1.24 bits per heavy atom. The summed E-state index contributed by atoms with van der Waals surface area (Å²) < 4.78 is 1.93. The number of ketones is 1. The second-order valence-electron chi connectivity index (χ2n) is 4.29. The molecule has 0 amide bonds. The van der Waals surface area contributed by atoms with Crippen LogP contribution in [0.3, 0.4) is 0 Å². The van der Waals surface area contributed by atoms with E-state index < -0.39 is 0 Å². The number of Topliss-reactive ketones (excluding diaryl/α,β-unsaturated/α-hetero) is 1. The van der Waals surface area contributed by atoms with Gasteiger partial charge in [-0.15, -0.1) is 0 Å². The molecule has 2 aromatic rings. The van der Waals surface area contributed by atoms with E-state index in [1.807, 2.05) is 16.8 Å². The van der Waals surface area contributed by atoms with Crippen molar-refractivity contribution >= 4 is 5.78 Å². The minimum Gasteiger partial charge on any atom is -0.294 e. The molecule has 86 valence electrons. The minimum absolute atomic E-state index is 0.229. The van der Waals surface area contributed by atoms with Crippen LogP contribution in [0.4, 0.5) is 0 Å². The number of carbonyl (C=O) groups excluding carboxylic acids is 1. The van der Waals surface area contributed by atoms with E-state index in [1.54, 1.807) is 18.6 Å². The maximum Gasteiger partial charge on any atom is 0.166 e. The molecule has 4 nitrogen and oxygen atoms in total. The zero-order valence-electron chi connectivity index (χ0n) is 9.47. The van der Waals surface area contributed by atoms with Crippen LogP contribution in [-0.4, -0.2) is 20.5 Å². The number of pyridine rings is 1. The molecule has 0 fully saturated rings. The van der Waals surface area contributed by atoms with Crippen molar-refractivity contribution < 1.29 is 4.79 Å². The van der Waals surface area contributed by atoms with Crippen LogP contribution in [0.5, 0.6) is 0 Å². The fourth-order valence-electron chi connectivity index (χ4n) is 2.26. The predicted octanol–water partition coefficient (Wildman–Crippen LogP) is 1.85. The van der Waals surface area contributed by atoms with Crippen LogP contribution < -0.4 is 0 Å². The average Bonchev–Trinajstić information content (AvgIpc) is 2.76. The number of fused-ring (bicyclic) bond motifs is 1. The highest BCUT2D eigenvalue weighted by molar-refractivity contribution is 5.97. The Kier molecular flexibility index (Phi) is 2.48. The third kappa shape index (κ3) is 1.86. The van der Waals surface area contributed by atoms with Gasteiger partial charge in [0.1, 0.15) is 0 Å². The first-order valence-corrected chi connectivity index (χ1v) is 5.81. The Balaban J connectivity index is 1.92. The lowest BCUT2D eigenvalue weighted by Gasteiger charge is -2.13. The molecule has 0 saturated heterocycles. The fraction of sp³-hybridized carbons (Fsp3) is 0.308. The van der Waals surface area contributed by atoms with Crippen molar-refractivity contribution in [2.45, 2.75) is 25.8 Å². The highest BCUT2D eigenvalue weighted by Crippen LogP contribution is 2.21. The molecule has 0 unspecified atom stereocenters. The van der Waals surface area contributed by atoms with Crippen molar-refractivity contribution in [2.75, 3.05) is 0 Å². The molecule has 17 heavy (non-hydrogen) atoms. The number of hydrogen-bond acceptors (Lipinski definition) is 3. The highest BCUT2D eigenvalue weighted by atomic mass is 16.1. The Bertz CT molecular complexity index is 545. The zero-order valence-corrected chi connectivity index (χ0v) is 9.47. The van der Waals surface area contributed by atoms with E-state index in [0.29, 0.717) is 13.0 Å². The van der Waals surface area contributed by atoms with Gasteiger partial charge in [-0.3, -0.25) is 14.5 Å². The normalized spacial score (nSPS) is 14.7. The van der Waals surface area contributed by atoms with E-state index in [9.17, 15) is 4.79 Å². The van der Waals surface area contributed by atoms with Gasteiger partial charge in [-0.25, -0.2) is 0 Å². The van der Waals surface area contributed by atoms with Crippen molar-refractivity contribution in [1.82, 2.24) is 14.8 Å². The first-order chi connectivity index (χ1) is 8.34. The van der Waals surface area contributed by atoms with Gasteiger partial charge in [-0.1, -0.05) is 0 Å². The topological polar surface area (TPSA) is 47.8 Å². The first-order valence-electron chi connectivity index (χ1n) is 5.81. The van der Waals surface area contributed by atoms with Crippen molar-refractivity contribution in [2.24, 2.45) is 0 Å². The summed E-state index contributed by atoms with van der Waals surface area (Å²) in [6.45, 7) is 0.713. The summed E-state index contributed by atoms with van der Waals surface area (Å²) in [4.78, 5) is 15.7. The third-order valence-electron chi connectivity index (χ3n) is 3.15. The smallest absolute Gasteiger partial charge is 0.166 e. The molecule has 0 spiro atoms. The molecule has 1 aliphatic carbocycles. The van der Waals surface area contributed by atoms with Crippen molar-refractivity contribution in [3.8, 4) is 0 Å². The Hall–Kier alpha value is -1.97. The zero-order chi connectivity index (χ0) is 11.7. The van der Waals surface area contributed by atoms with Gasteiger partial charge < -0.3 is 0 Å². The maximum absolute atomic E-state index is 11.7. The first kappa shape index (κ1) is 10.2. The van der Waals surface area contributed by atoms with E-state index >= 15 is 0 Å². The van der Waals surface area contributed by atoms with E-state index in [-0.39, 0.29) is 5.78 Å². The Morgan fingerprint density at radius 3 is 2.88 bits per heavy atom. The lowest BCUT2D eigenvalue weighted by atomic mass is 9.97. The van der Waals surface area contributed by atoms with Crippen molar-refractivity contribution in [1.29, 1.82) is 0 Å². The third-order valence-corrected chi connectivity index (χ3v) is 3.15. The van der Waals surface area contributed by atoms with Crippen molar-refractivity contribution in [3.63, 3.8) is 0 Å². The van der Waals surface area contributed by atoms with Gasteiger partial charge in [0.05, 0.1) is 18.3 Å². The molecule has 4 heteroatoms. The van der Waals surface area contributed by atoms with Crippen LogP contribution in [0.25, 0.3) is 0 Å². The molecule has 0 aromatic carbocycles. The van der Waals surface area contributed by atoms with Crippen LogP contribution in [0.2, 0.25) is 0 Å². The van der Waals surface area contributed by atoms with Gasteiger partial charge >= 0.3 is 0 Å². The highest BCUT2D eigenvalue weighted by Gasteiger charge is 2.21. The molecule has 3 rings (SSSR count). The number of aromatic nitrogens is 3. The van der Waals surface area contributed by atoms with Gasteiger partial charge in [-0.05, 0) is 30.5 Å². The monoisotopic (exact) mass is 227 g/mol. The maximum atomic E-state index is 11.7. The van der Waals surface area contributed by atoms with Crippen LogP contribution in [0, 0.1) is 0 Å². The van der Waals surface area contributed by atoms with Gasteiger partial charge in [-0.2, -0.15) is 5.10 Å². The van der Waals surface area contributed by atoms with Crippen LogP contribution in [0.15, 0.2) is 30.7 Å².